The molecule has 0 amide bonds. The standard InChI is InChI=1S/C17H12N2O2/c20-16(17-6-3-9-21-17)11-19-8-7-13-12-4-1-2-5-14(12)18-15(13)10-19/h1-10H,11H2/p+1. The number of benzene rings is 1. The lowest BCUT2D eigenvalue weighted by Gasteiger charge is -1.95. The molecule has 0 fully saturated rings. The lowest BCUT2D eigenvalue weighted by molar-refractivity contribution is -0.682. The summed E-state index contributed by atoms with van der Waals surface area (Å²) in [6.45, 7) is 0.263. The Hall–Kier alpha value is -2.88. The molecule has 4 aromatic rings. The number of para-hydroxylation sites is 1. The van der Waals surface area contributed by atoms with Crippen molar-refractivity contribution >= 4 is 27.6 Å². The van der Waals surface area contributed by atoms with Crippen molar-refractivity contribution in [2.24, 2.45) is 0 Å². The Labute approximate surface area is 120 Å². The molecule has 0 unspecified atom stereocenters. The molecular formula is C17H13N2O2+. The van der Waals surface area contributed by atoms with Crippen LogP contribution < -0.4 is 4.57 Å². The molecule has 102 valence electrons. The van der Waals surface area contributed by atoms with Crippen molar-refractivity contribution in [3.63, 3.8) is 0 Å². The van der Waals surface area contributed by atoms with Gasteiger partial charge in [0.15, 0.2) is 18.2 Å². The van der Waals surface area contributed by atoms with Crippen molar-refractivity contribution in [3.8, 4) is 0 Å². The van der Waals surface area contributed by atoms with Crippen molar-refractivity contribution in [3.05, 3.63) is 66.9 Å². The third-order valence-corrected chi connectivity index (χ3v) is 3.63. The summed E-state index contributed by atoms with van der Waals surface area (Å²) in [5.74, 6) is 0.347. The van der Waals surface area contributed by atoms with Crippen molar-refractivity contribution in [2.45, 2.75) is 6.54 Å². The Morgan fingerprint density at radius 2 is 1.90 bits per heavy atom. The number of furan rings is 1. The Morgan fingerprint density at radius 3 is 2.76 bits per heavy atom. The number of carbonyl (C=O) groups is 1. The van der Waals surface area contributed by atoms with Gasteiger partial charge in [-0.15, -0.1) is 0 Å². The smallest absolute Gasteiger partial charge is 0.262 e. The van der Waals surface area contributed by atoms with E-state index in [0.717, 1.165) is 16.4 Å². The average molecular weight is 277 g/mol. The lowest BCUT2D eigenvalue weighted by Crippen LogP contribution is -2.37. The van der Waals surface area contributed by atoms with E-state index in [1.54, 1.807) is 12.1 Å². The van der Waals surface area contributed by atoms with Crippen LogP contribution in [0.15, 0.2) is 65.5 Å². The molecule has 4 rings (SSSR count). The van der Waals surface area contributed by atoms with E-state index in [2.05, 4.69) is 11.1 Å². The van der Waals surface area contributed by atoms with Gasteiger partial charge in [-0.2, -0.15) is 4.57 Å². The molecule has 0 spiro atoms. The first-order chi connectivity index (χ1) is 10.3. The number of pyridine rings is 1. The van der Waals surface area contributed by atoms with Crippen LogP contribution in [0.5, 0.6) is 0 Å². The molecule has 4 nitrogen and oxygen atoms in total. The van der Waals surface area contributed by atoms with Gasteiger partial charge in [0.05, 0.1) is 6.26 Å². The number of hydrogen-bond acceptors (Lipinski definition) is 2. The fourth-order valence-corrected chi connectivity index (χ4v) is 2.62. The number of H-pyrrole nitrogens is 1. The van der Waals surface area contributed by atoms with Crippen LogP contribution in [0.2, 0.25) is 0 Å². The number of ketones is 1. The third-order valence-electron chi connectivity index (χ3n) is 3.63. The summed E-state index contributed by atoms with van der Waals surface area (Å²) in [5, 5.41) is 2.35. The van der Waals surface area contributed by atoms with Gasteiger partial charge in [-0.1, -0.05) is 18.2 Å². The van der Waals surface area contributed by atoms with Gasteiger partial charge in [-0.05, 0) is 18.2 Å². The van der Waals surface area contributed by atoms with E-state index in [1.165, 1.54) is 11.6 Å². The van der Waals surface area contributed by atoms with E-state index in [4.69, 9.17) is 4.42 Å². The largest absolute Gasteiger partial charge is 0.461 e. The monoisotopic (exact) mass is 277 g/mol. The first kappa shape index (κ1) is 11.9. The number of rotatable bonds is 3. The van der Waals surface area contributed by atoms with Crippen LogP contribution in [0.4, 0.5) is 0 Å². The summed E-state index contributed by atoms with van der Waals surface area (Å²) in [6, 6.07) is 13.6. The molecule has 4 heteroatoms. The van der Waals surface area contributed by atoms with Gasteiger partial charge < -0.3 is 9.40 Å². The molecular weight excluding hydrogens is 264 g/mol. The van der Waals surface area contributed by atoms with Crippen LogP contribution in [-0.2, 0) is 6.54 Å². The maximum Gasteiger partial charge on any atom is 0.262 e. The lowest BCUT2D eigenvalue weighted by atomic mass is 10.2. The van der Waals surface area contributed by atoms with E-state index in [-0.39, 0.29) is 12.3 Å². The fourth-order valence-electron chi connectivity index (χ4n) is 2.62. The molecule has 0 saturated heterocycles. The quantitative estimate of drug-likeness (QED) is 0.462. The van der Waals surface area contributed by atoms with Gasteiger partial charge in [0.2, 0.25) is 6.54 Å². The zero-order valence-electron chi connectivity index (χ0n) is 11.2. The molecule has 21 heavy (non-hydrogen) atoms. The van der Waals surface area contributed by atoms with E-state index in [1.807, 2.05) is 41.2 Å². The third kappa shape index (κ3) is 2.01. The number of aromatic amines is 1. The van der Waals surface area contributed by atoms with E-state index in [9.17, 15) is 4.79 Å². The summed E-state index contributed by atoms with van der Waals surface area (Å²) in [6.07, 6.45) is 5.39. The summed E-state index contributed by atoms with van der Waals surface area (Å²) < 4.78 is 7.00. The Kier molecular flexibility index (Phi) is 2.60. The highest BCUT2D eigenvalue weighted by Gasteiger charge is 2.16. The molecule has 3 aromatic heterocycles. The summed E-state index contributed by atoms with van der Waals surface area (Å²) >= 11 is 0. The molecule has 0 aliphatic heterocycles. The van der Waals surface area contributed by atoms with Gasteiger partial charge in [0, 0.05) is 22.4 Å². The van der Waals surface area contributed by atoms with Gasteiger partial charge in [-0.3, -0.25) is 4.79 Å². The van der Waals surface area contributed by atoms with Gasteiger partial charge in [0.1, 0.15) is 5.52 Å². The molecule has 3 heterocycles. The zero-order valence-corrected chi connectivity index (χ0v) is 11.2. The summed E-state index contributed by atoms with van der Waals surface area (Å²) in [7, 11) is 0. The van der Waals surface area contributed by atoms with Gasteiger partial charge in [0.25, 0.3) is 5.78 Å². The normalized spacial score (nSPS) is 11.2. The number of carbonyl (C=O) groups excluding carboxylic acids is 1. The molecule has 0 saturated carbocycles. The highest BCUT2D eigenvalue weighted by molar-refractivity contribution is 6.06. The van der Waals surface area contributed by atoms with Crippen molar-refractivity contribution in [1.29, 1.82) is 0 Å². The van der Waals surface area contributed by atoms with Crippen molar-refractivity contribution in [2.75, 3.05) is 0 Å². The van der Waals surface area contributed by atoms with Crippen LogP contribution in [0, 0.1) is 0 Å². The van der Waals surface area contributed by atoms with Gasteiger partial charge >= 0.3 is 0 Å². The molecule has 0 aliphatic carbocycles. The van der Waals surface area contributed by atoms with E-state index >= 15 is 0 Å². The number of nitrogens with zero attached hydrogens (tertiary/aromatic N) is 1. The predicted molar refractivity (Wildman–Crippen MR) is 79.0 cm³/mol. The number of aromatic nitrogens is 2. The first-order valence-corrected chi connectivity index (χ1v) is 6.77. The molecule has 1 N–H and O–H groups in total. The minimum Gasteiger partial charge on any atom is -0.461 e. The first-order valence-electron chi connectivity index (χ1n) is 6.77. The predicted octanol–water partition coefficient (Wildman–Crippen LogP) is 3.08. The second-order valence-electron chi connectivity index (χ2n) is 5.02. The maximum absolute atomic E-state index is 12.1. The SMILES string of the molecule is O=C(C[n+]1ccc2c(c1)[nH]c1ccccc12)c1ccco1. The second kappa shape index (κ2) is 4.59. The number of hydrogen-bond donors (Lipinski definition) is 1. The maximum atomic E-state index is 12.1. The second-order valence-corrected chi connectivity index (χ2v) is 5.02. The zero-order chi connectivity index (χ0) is 14.2. The summed E-state index contributed by atoms with van der Waals surface area (Å²) in [5.41, 5.74) is 2.12. The van der Waals surface area contributed by atoms with Crippen LogP contribution in [-0.4, -0.2) is 10.8 Å². The van der Waals surface area contributed by atoms with Crippen LogP contribution in [0.3, 0.4) is 0 Å². The van der Waals surface area contributed by atoms with Crippen LogP contribution >= 0.6 is 0 Å². The molecule has 1 aromatic carbocycles. The van der Waals surface area contributed by atoms with Crippen molar-refractivity contribution in [1.82, 2.24) is 4.98 Å². The fraction of sp³-hybridized carbons (Fsp3) is 0.0588. The minimum atomic E-state index is -0.0412. The Morgan fingerprint density at radius 1 is 1.05 bits per heavy atom. The topological polar surface area (TPSA) is 49.9 Å². The minimum absolute atomic E-state index is 0.0412. The Bertz CT molecular complexity index is 936. The van der Waals surface area contributed by atoms with Crippen molar-refractivity contribution < 1.29 is 13.8 Å². The van der Waals surface area contributed by atoms with Gasteiger partial charge in [-0.25, -0.2) is 0 Å². The molecule has 0 atom stereocenters. The van der Waals surface area contributed by atoms with Crippen LogP contribution in [0.25, 0.3) is 21.8 Å². The highest BCUT2D eigenvalue weighted by Crippen LogP contribution is 2.23. The van der Waals surface area contributed by atoms with E-state index in [0.29, 0.717) is 5.76 Å². The van der Waals surface area contributed by atoms with Crippen LogP contribution in [0.1, 0.15) is 10.6 Å². The summed E-state index contributed by atoms with van der Waals surface area (Å²) in [4.78, 5) is 15.4. The highest BCUT2D eigenvalue weighted by atomic mass is 16.3. The average Bonchev–Trinajstić information content (AvgIpc) is 3.14. The number of fused-ring (bicyclic) bond motifs is 3. The molecule has 0 radical (unpaired) electrons. The number of Topliss-reactive ketones (excluding diaryl/α,β-unsaturated/α-hetero) is 1. The molecule has 0 bridgehead atoms. The number of nitrogens with one attached hydrogen (secondary N) is 1. The Balaban J connectivity index is 1.74. The van der Waals surface area contributed by atoms with E-state index < -0.39 is 0 Å². The molecule has 0 aliphatic rings.